The van der Waals surface area contributed by atoms with Gasteiger partial charge in [-0.05, 0) is 30.7 Å². The molecule has 1 aliphatic heterocycles. The molecule has 6 heteroatoms. The lowest BCUT2D eigenvalue weighted by molar-refractivity contribution is 0.0161. The number of rotatable bonds is 8. The molecular formula is C25H28N2O4. The molecule has 1 aromatic heterocycles. The molecule has 1 unspecified atom stereocenters. The van der Waals surface area contributed by atoms with Gasteiger partial charge in [-0.1, -0.05) is 48.0 Å². The molecule has 1 atom stereocenters. The number of furan rings is 1. The maximum absolute atomic E-state index is 12.9. The zero-order valence-electron chi connectivity index (χ0n) is 17.8. The molecule has 162 valence electrons. The van der Waals surface area contributed by atoms with E-state index in [9.17, 15) is 4.79 Å². The van der Waals surface area contributed by atoms with Crippen molar-refractivity contribution in [1.29, 1.82) is 0 Å². The first-order valence-corrected chi connectivity index (χ1v) is 10.6. The molecule has 6 nitrogen and oxygen atoms in total. The van der Waals surface area contributed by atoms with Crippen LogP contribution < -0.4 is 10.1 Å². The number of nitrogens with zero attached hydrogens (tertiary/aromatic N) is 1. The third kappa shape index (κ3) is 5.54. The molecule has 0 aliphatic carbocycles. The number of nitrogens with one attached hydrogen (secondary N) is 1. The molecule has 3 aromatic rings. The lowest BCUT2D eigenvalue weighted by atomic mass is 10.0. The van der Waals surface area contributed by atoms with E-state index in [0.29, 0.717) is 25.5 Å². The number of amides is 1. The van der Waals surface area contributed by atoms with Crippen molar-refractivity contribution in [2.24, 2.45) is 0 Å². The summed E-state index contributed by atoms with van der Waals surface area (Å²) in [5.74, 6) is 0.810. The Labute approximate surface area is 182 Å². The molecular weight excluding hydrogens is 392 g/mol. The van der Waals surface area contributed by atoms with Gasteiger partial charge >= 0.3 is 0 Å². The third-order valence-electron chi connectivity index (χ3n) is 5.50. The Hall–Kier alpha value is -3.09. The Morgan fingerprint density at radius 1 is 1.06 bits per heavy atom. The zero-order chi connectivity index (χ0) is 21.5. The monoisotopic (exact) mass is 420 g/mol. The van der Waals surface area contributed by atoms with Gasteiger partial charge in [0.05, 0.1) is 25.5 Å². The predicted octanol–water partition coefficient (Wildman–Crippen LogP) is 3.97. The number of ether oxygens (including phenoxy) is 2. The Morgan fingerprint density at radius 2 is 1.81 bits per heavy atom. The Kier molecular flexibility index (Phi) is 7.02. The molecule has 2 aromatic carbocycles. The predicted molar refractivity (Wildman–Crippen MR) is 118 cm³/mol. The molecule has 1 saturated heterocycles. The van der Waals surface area contributed by atoms with Crippen molar-refractivity contribution in [2.75, 3.05) is 32.8 Å². The molecule has 31 heavy (non-hydrogen) atoms. The zero-order valence-corrected chi connectivity index (χ0v) is 17.8. The molecule has 1 fully saturated rings. The van der Waals surface area contributed by atoms with Gasteiger partial charge in [-0.25, -0.2) is 0 Å². The number of morpholine rings is 1. The van der Waals surface area contributed by atoms with Crippen LogP contribution in [-0.2, 0) is 11.3 Å². The summed E-state index contributed by atoms with van der Waals surface area (Å²) in [7, 11) is 0. The van der Waals surface area contributed by atoms with E-state index in [4.69, 9.17) is 13.9 Å². The standard InChI is InChI=1S/C25H28N2O4/c1-19-7-9-20(10-8-19)23(27-12-15-29-16-13-27)17-26-25(28)24-21(11-14-30-24)18-31-22-5-3-2-4-6-22/h2-11,14,23H,12-13,15-18H2,1H3,(H,26,28). The lowest BCUT2D eigenvalue weighted by Crippen LogP contribution is -2.43. The van der Waals surface area contributed by atoms with Gasteiger partial charge < -0.3 is 19.2 Å². The van der Waals surface area contributed by atoms with E-state index in [0.717, 1.165) is 24.4 Å². The van der Waals surface area contributed by atoms with Gasteiger partial charge in [0.2, 0.25) is 0 Å². The van der Waals surface area contributed by atoms with E-state index in [-0.39, 0.29) is 18.6 Å². The number of hydrogen-bond acceptors (Lipinski definition) is 5. The molecule has 4 rings (SSSR count). The highest BCUT2D eigenvalue weighted by molar-refractivity contribution is 5.92. The van der Waals surface area contributed by atoms with Crippen LogP contribution in [0.4, 0.5) is 0 Å². The van der Waals surface area contributed by atoms with Gasteiger partial charge in [0, 0.05) is 25.2 Å². The lowest BCUT2D eigenvalue weighted by Gasteiger charge is -2.35. The number of hydrogen-bond donors (Lipinski definition) is 1. The first-order chi connectivity index (χ1) is 15.2. The summed E-state index contributed by atoms with van der Waals surface area (Å²) in [6, 6.07) is 19.9. The summed E-state index contributed by atoms with van der Waals surface area (Å²) in [6.07, 6.45) is 1.53. The fourth-order valence-corrected chi connectivity index (χ4v) is 3.73. The van der Waals surface area contributed by atoms with Crippen molar-refractivity contribution < 1.29 is 18.7 Å². The molecule has 1 aliphatic rings. The highest BCUT2D eigenvalue weighted by Crippen LogP contribution is 2.22. The number of benzene rings is 2. The summed E-state index contributed by atoms with van der Waals surface area (Å²) in [6.45, 7) is 5.92. The number of aryl methyl sites for hydroxylation is 1. The molecule has 0 radical (unpaired) electrons. The SMILES string of the molecule is Cc1ccc(C(CNC(=O)c2occc2COc2ccccc2)N2CCOCC2)cc1. The number of para-hydroxylation sites is 1. The minimum atomic E-state index is -0.234. The highest BCUT2D eigenvalue weighted by Gasteiger charge is 2.24. The maximum Gasteiger partial charge on any atom is 0.287 e. The first kappa shape index (κ1) is 21.2. The largest absolute Gasteiger partial charge is 0.489 e. The molecule has 0 spiro atoms. The first-order valence-electron chi connectivity index (χ1n) is 10.6. The van der Waals surface area contributed by atoms with Gasteiger partial charge in [0.15, 0.2) is 5.76 Å². The highest BCUT2D eigenvalue weighted by atomic mass is 16.5. The van der Waals surface area contributed by atoms with Crippen molar-refractivity contribution in [3.05, 3.63) is 89.4 Å². The van der Waals surface area contributed by atoms with Crippen molar-refractivity contribution >= 4 is 5.91 Å². The van der Waals surface area contributed by atoms with Crippen LogP contribution in [0.25, 0.3) is 0 Å². The van der Waals surface area contributed by atoms with E-state index in [1.165, 1.54) is 17.4 Å². The van der Waals surface area contributed by atoms with Crippen molar-refractivity contribution in [2.45, 2.75) is 19.6 Å². The summed E-state index contributed by atoms with van der Waals surface area (Å²) in [4.78, 5) is 15.3. The normalized spacial score (nSPS) is 15.4. The second-order valence-corrected chi connectivity index (χ2v) is 7.66. The quantitative estimate of drug-likeness (QED) is 0.597. The summed E-state index contributed by atoms with van der Waals surface area (Å²) in [5.41, 5.74) is 3.12. The van der Waals surface area contributed by atoms with E-state index < -0.39 is 0 Å². The molecule has 1 N–H and O–H groups in total. The molecule has 0 saturated carbocycles. The van der Waals surface area contributed by atoms with Crippen LogP contribution in [-0.4, -0.2) is 43.7 Å². The van der Waals surface area contributed by atoms with Crippen LogP contribution in [0.1, 0.15) is 33.3 Å². The fourth-order valence-electron chi connectivity index (χ4n) is 3.73. The summed E-state index contributed by atoms with van der Waals surface area (Å²) >= 11 is 0. The minimum absolute atomic E-state index is 0.0763. The average molecular weight is 421 g/mol. The molecule has 0 bridgehead atoms. The van der Waals surface area contributed by atoms with Crippen molar-refractivity contribution in [3.8, 4) is 5.75 Å². The van der Waals surface area contributed by atoms with E-state index in [1.807, 2.05) is 30.3 Å². The number of carbonyl (C=O) groups excluding carboxylic acids is 1. The molecule has 1 amide bonds. The third-order valence-corrected chi connectivity index (χ3v) is 5.50. The van der Waals surface area contributed by atoms with Gasteiger partial charge in [-0.2, -0.15) is 0 Å². The maximum atomic E-state index is 12.9. The minimum Gasteiger partial charge on any atom is -0.489 e. The summed E-state index contributed by atoms with van der Waals surface area (Å²) in [5, 5.41) is 3.06. The van der Waals surface area contributed by atoms with E-state index in [1.54, 1.807) is 6.07 Å². The van der Waals surface area contributed by atoms with Crippen LogP contribution in [0, 0.1) is 6.92 Å². The van der Waals surface area contributed by atoms with E-state index >= 15 is 0 Å². The topological polar surface area (TPSA) is 63.9 Å². The Balaban J connectivity index is 1.42. The van der Waals surface area contributed by atoms with Crippen LogP contribution in [0.2, 0.25) is 0 Å². The summed E-state index contributed by atoms with van der Waals surface area (Å²) < 4.78 is 16.8. The van der Waals surface area contributed by atoms with Crippen LogP contribution in [0.15, 0.2) is 71.3 Å². The van der Waals surface area contributed by atoms with Crippen LogP contribution in [0.3, 0.4) is 0 Å². The van der Waals surface area contributed by atoms with Crippen molar-refractivity contribution in [1.82, 2.24) is 10.2 Å². The van der Waals surface area contributed by atoms with Crippen LogP contribution in [0.5, 0.6) is 5.75 Å². The second kappa shape index (κ2) is 10.3. The van der Waals surface area contributed by atoms with Gasteiger partial charge in [0.25, 0.3) is 5.91 Å². The average Bonchev–Trinajstić information content (AvgIpc) is 3.29. The Bertz CT molecular complexity index is 963. The molecule has 2 heterocycles. The van der Waals surface area contributed by atoms with Gasteiger partial charge in [0.1, 0.15) is 12.4 Å². The number of carbonyl (C=O) groups is 1. The van der Waals surface area contributed by atoms with Crippen molar-refractivity contribution in [3.63, 3.8) is 0 Å². The van der Waals surface area contributed by atoms with Gasteiger partial charge in [-0.15, -0.1) is 0 Å². The smallest absolute Gasteiger partial charge is 0.287 e. The second-order valence-electron chi connectivity index (χ2n) is 7.66. The van der Waals surface area contributed by atoms with Gasteiger partial charge in [-0.3, -0.25) is 9.69 Å². The Morgan fingerprint density at radius 3 is 2.55 bits per heavy atom. The van der Waals surface area contributed by atoms with Crippen LogP contribution >= 0.6 is 0 Å². The van der Waals surface area contributed by atoms with E-state index in [2.05, 4.69) is 41.4 Å². The fraction of sp³-hybridized carbons (Fsp3) is 0.320.